The summed E-state index contributed by atoms with van der Waals surface area (Å²) in [4.78, 5) is 13.1. The molecule has 0 aliphatic carbocycles. The molecule has 3 rings (SSSR count). The number of nitrogens with zero attached hydrogens (tertiary/aromatic N) is 3. The van der Waals surface area contributed by atoms with Gasteiger partial charge in [0.1, 0.15) is 0 Å². The average Bonchev–Trinajstić information content (AvgIpc) is 2.80. The Kier molecular flexibility index (Phi) is 3.30. The number of aromatic nitrogens is 1. The molecule has 0 aliphatic rings. The Morgan fingerprint density at radius 2 is 2.00 bits per heavy atom. The summed E-state index contributed by atoms with van der Waals surface area (Å²) in [6.07, 6.45) is 0. The van der Waals surface area contributed by atoms with Crippen molar-refractivity contribution in [2.24, 2.45) is 10.2 Å². The molecule has 0 atom stereocenters. The first-order chi connectivity index (χ1) is 10.5. The van der Waals surface area contributed by atoms with Crippen molar-refractivity contribution >= 4 is 28.0 Å². The Hall–Kier alpha value is -3.22. The van der Waals surface area contributed by atoms with Crippen molar-refractivity contribution in [1.82, 2.24) is 4.98 Å². The molecule has 2 N–H and O–H groups in total. The topological polar surface area (TPSA) is 104 Å². The quantitative estimate of drug-likeness (QED) is 0.422. The lowest BCUT2D eigenvalue weighted by molar-refractivity contribution is -0.384. The van der Waals surface area contributed by atoms with Crippen molar-refractivity contribution in [2.75, 3.05) is 0 Å². The molecule has 0 bridgehead atoms. The number of benzene rings is 2. The minimum absolute atomic E-state index is 0.0598. The van der Waals surface area contributed by atoms with E-state index in [9.17, 15) is 15.2 Å². The minimum Gasteiger partial charge on any atom is -0.493 e. The molecule has 0 unspecified atom stereocenters. The first kappa shape index (κ1) is 13.7. The van der Waals surface area contributed by atoms with Crippen molar-refractivity contribution in [3.05, 3.63) is 58.1 Å². The van der Waals surface area contributed by atoms with Gasteiger partial charge in [-0.2, -0.15) is 5.11 Å². The molecule has 0 fully saturated rings. The predicted octanol–water partition coefficient (Wildman–Crippen LogP) is 4.51. The van der Waals surface area contributed by atoms with Gasteiger partial charge in [-0.3, -0.25) is 10.1 Å². The summed E-state index contributed by atoms with van der Waals surface area (Å²) < 4.78 is 0. The maximum Gasteiger partial charge on any atom is 0.271 e. The van der Waals surface area contributed by atoms with Gasteiger partial charge in [0.05, 0.1) is 16.1 Å². The lowest BCUT2D eigenvalue weighted by atomic mass is 10.2. The fourth-order valence-electron chi connectivity index (χ4n) is 2.16. The van der Waals surface area contributed by atoms with E-state index in [0.29, 0.717) is 11.4 Å². The smallest absolute Gasteiger partial charge is 0.271 e. The number of H-pyrrole nitrogens is 1. The molecule has 0 saturated heterocycles. The van der Waals surface area contributed by atoms with Gasteiger partial charge in [0.15, 0.2) is 5.69 Å². The third-order valence-electron chi connectivity index (χ3n) is 3.21. The molecule has 0 spiro atoms. The number of aryl methyl sites for hydroxylation is 1. The molecular formula is C15H12N4O3. The van der Waals surface area contributed by atoms with Gasteiger partial charge < -0.3 is 10.1 Å². The number of non-ortho nitro benzene ring substituents is 1. The fraction of sp³-hybridized carbons (Fsp3) is 0.0667. The molecule has 2 aromatic carbocycles. The van der Waals surface area contributed by atoms with Crippen LogP contribution in [0, 0.1) is 17.0 Å². The second kappa shape index (κ2) is 5.28. The summed E-state index contributed by atoms with van der Waals surface area (Å²) >= 11 is 0. The lowest BCUT2D eigenvalue weighted by Crippen LogP contribution is -1.85. The Morgan fingerprint density at radius 1 is 1.18 bits per heavy atom. The number of nitro benzene ring substituents is 1. The van der Waals surface area contributed by atoms with Crippen LogP contribution in [0.25, 0.3) is 10.9 Å². The predicted molar refractivity (Wildman–Crippen MR) is 82.0 cm³/mol. The zero-order chi connectivity index (χ0) is 15.7. The molecule has 1 heterocycles. The Morgan fingerprint density at radius 3 is 2.77 bits per heavy atom. The van der Waals surface area contributed by atoms with E-state index in [1.807, 2.05) is 25.1 Å². The van der Waals surface area contributed by atoms with Crippen LogP contribution in [-0.4, -0.2) is 15.0 Å². The van der Waals surface area contributed by atoms with E-state index in [1.54, 1.807) is 6.07 Å². The second-order valence-corrected chi connectivity index (χ2v) is 4.85. The first-order valence-corrected chi connectivity index (χ1v) is 6.52. The molecule has 0 aliphatic heterocycles. The largest absolute Gasteiger partial charge is 0.493 e. The van der Waals surface area contributed by atoms with E-state index in [1.165, 1.54) is 18.2 Å². The van der Waals surface area contributed by atoms with Crippen molar-refractivity contribution in [1.29, 1.82) is 0 Å². The molecule has 0 amide bonds. The van der Waals surface area contributed by atoms with Crippen LogP contribution in [0.15, 0.2) is 52.7 Å². The SMILES string of the molecule is Cc1ccc2[nH]c(O)c(N=Nc3cccc([N+](=O)[O-])c3)c2c1. The van der Waals surface area contributed by atoms with Gasteiger partial charge in [-0.05, 0) is 25.1 Å². The third-order valence-corrected chi connectivity index (χ3v) is 3.21. The zero-order valence-corrected chi connectivity index (χ0v) is 11.6. The van der Waals surface area contributed by atoms with Crippen LogP contribution in [-0.2, 0) is 0 Å². The Labute approximate surface area is 125 Å². The lowest BCUT2D eigenvalue weighted by Gasteiger charge is -1.95. The first-order valence-electron chi connectivity index (χ1n) is 6.52. The number of aromatic hydroxyl groups is 1. The minimum atomic E-state index is -0.494. The Bertz CT molecular complexity index is 899. The van der Waals surface area contributed by atoms with E-state index >= 15 is 0 Å². The van der Waals surface area contributed by atoms with Crippen LogP contribution >= 0.6 is 0 Å². The number of azo groups is 1. The highest BCUT2D eigenvalue weighted by Crippen LogP contribution is 2.36. The summed E-state index contributed by atoms with van der Waals surface area (Å²) in [5.41, 5.74) is 2.37. The monoisotopic (exact) mass is 296 g/mol. The highest BCUT2D eigenvalue weighted by Gasteiger charge is 2.11. The number of rotatable bonds is 3. The highest BCUT2D eigenvalue weighted by atomic mass is 16.6. The van der Waals surface area contributed by atoms with Crippen LogP contribution < -0.4 is 0 Å². The number of hydrogen-bond acceptors (Lipinski definition) is 5. The molecule has 110 valence electrons. The van der Waals surface area contributed by atoms with Crippen LogP contribution in [0.5, 0.6) is 5.88 Å². The second-order valence-electron chi connectivity index (χ2n) is 4.85. The van der Waals surface area contributed by atoms with Crippen LogP contribution in [0.1, 0.15) is 5.56 Å². The standard InChI is InChI=1S/C15H12N4O3/c1-9-5-6-13-12(7-9)14(15(20)16-13)18-17-10-3-2-4-11(8-10)19(21)22/h2-8,16,20H,1H3. The van der Waals surface area contributed by atoms with Crippen LogP contribution in [0.3, 0.4) is 0 Å². The summed E-state index contributed by atoms with van der Waals surface area (Å²) in [7, 11) is 0. The maximum absolute atomic E-state index is 10.7. The number of nitrogens with one attached hydrogen (secondary N) is 1. The van der Waals surface area contributed by atoms with Gasteiger partial charge in [-0.25, -0.2) is 0 Å². The molecule has 1 aromatic heterocycles. The number of fused-ring (bicyclic) bond motifs is 1. The van der Waals surface area contributed by atoms with Crippen molar-refractivity contribution in [3.8, 4) is 5.88 Å². The summed E-state index contributed by atoms with van der Waals surface area (Å²) in [6, 6.07) is 11.5. The van der Waals surface area contributed by atoms with E-state index in [2.05, 4.69) is 15.2 Å². The van der Waals surface area contributed by atoms with E-state index in [0.717, 1.165) is 16.5 Å². The maximum atomic E-state index is 10.7. The summed E-state index contributed by atoms with van der Waals surface area (Å²) in [6.45, 7) is 1.94. The number of hydrogen-bond donors (Lipinski definition) is 2. The van der Waals surface area contributed by atoms with Gasteiger partial charge in [0.25, 0.3) is 5.69 Å². The fourth-order valence-corrected chi connectivity index (χ4v) is 2.16. The molecule has 22 heavy (non-hydrogen) atoms. The van der Waals surface area contributed by atoms with Crippen LogP contribution in [0.2, 0.25) is 0 Å². The van der Waals surface area contributed by atoms with Crippen LogP contribution in [0.4, 0.5) is 17.1 Å². The van der Waals surface area contributed by atoms with Gasteiger partial charge in [0, 0.05) is 17.5 Å². The molecule has 0 saturated carbocycles. The normalized spacial score (nSPS) is 11.3. The van der Waals surface area contributed by atoms with Gasteiger partial charge >= 0.3 is 0 Å². The molecule has 7 nitrogen and oxygen atoms in total. The van der Waals surface area contributed by atoms with Crippen molar-refractivity contribution < 1.29 is 10.0 Å². The third kappa shape index (κ3) is 2.51. The van der Waals surface area contributed by atoms with Gasteiger partial charge in [-0.1, -0.05) is 17.7 Å². The highest BCUT2D eigenvalue weighted by molar-refractivity contribution is 5.94. The summed E-state index contributed by atoms with van der Waals surface area (Å²) in [5, 5.41) is 29.4. The zero-order valence-electron chi connectivity index (χ0n) is 11.6. The van der Waals surface area contributed by atoms with Gasteiger partial charge in [0.2, 0.25) is 5.88 Å². The van der Waals surface area contributed by atoms with E-state index in [-0.39, 0.29) is 11.6 Å². The van der Waals surface area contributed by atoms with E-state index < -0.39 is 4.92 Å². The van der Waals surface area contributed by atoms with Crippen molar-refractivity contribution in [3.63, 3.8) is 0 Å². The van der Waals surface area contributed by atoms with Crippen molar-refractivity contribution in [2.45, 2.75) is 6.92 Å². The molecule has 3 aromatic rings. The number of nitro groups is 1. The number of aromatic amines is 1. The average molecular weight is 296 g/mol. The molecule has 7 heteroatoms. The molecular weight excluding hydrogens is 284 g/mol. The summed E-state index contributed by atoms with van der Waals surface area (Å²) in [5.74, 6) is -0.0882. The Balaban J connectivity index is 2.02. The molecule has 0 radical (unpaired) electrons. The van der Waals surface area contributed by atoms with E-state index in [4.69, 9.17) is 0 Å². The van der Waals surface area contributed by atoms with Gasteiger partial charge in [-0.15, -0.1) is 5.11 Å².